The van der Waals surface area contributed by atoms with Gasteiger partial charge in [-0.2, -0.15) is 0 Å². The van der Waals surface area contributed by atoms with Gasteiger partial charge in [0.05, 0.1) is 12.3 Å². The van der Waals surface area contributed by atoms with E-state index in [2.05, 4.69) is 23.3 Å². The number of amides is 1. The van der Waals surface area contributed by atoms with E-state index in [1.54, 1.807) is 0 Å². The highest BCUT2D eigenvalue weighted by Crippen LogP contribution is 2.25. The van der Waals surface area contributed by atoms with Crippen LogP contribution in [0.2, 0.25) is 0 Å². The van der Waals surface area contributed by atoms with Crippen LogP contribution >= 0.6 is 0 Å². The highest BCUT2D eigenvalue weighted by atomic mass is 16.4. The Balaban J connectivity index is 1.73. The van der Waals surface area contributed by atoms with Gasteiger partial charge in [0.25, 0.3) is 0 Å². The zero-order valence-electron chi connectivity index (χ0n) is 14.7. The fourth-order valence-electron chi connectivity index (χ4n) is 3.92. The summed E-state index contributed by atoms with van der Waals surface area (Å²) >= 11 is 0. The first kappa shape index (κ1) is 17.5. The van der Waals surface area contributed by atoms with E-state index in [4.69, 9.17) is 0 Å². The third kappa shape index (κ3) is 3.86. The first-order valence-corrected chi connectivity index (χ1v) is 9.20. The Labute approximate surface area is 147 Å². The first-order chi connectivity index (χ1) is 12.1. The summed E-state index contributed by atoms with van der Waals surface area (Å²) in [4.78, 5) is 27.3. The Morgan fingerprint density at radius 2 is 2.00 bits per heavy atom. The lowest BCUT2D eigenvalue weighted by Crippen LogP contribution is -2.43. The number of fused-ring (bicyclic) bond motifs is 1. The summed E-state index contributed by atoms with van der Waals surface area (Å²) in [7, 11) is 0. The number of carbonyl (C=O) groups is 2. The van der Waals surface area contributed by atoms with E-state index in [0.29, 0.717) is 6.42 Å². The van der Waals surface area contributed by atoms with E-state index in [1.807, 2.05) is 18.3 Å². The van der Waals surface area contributed by atoms with Crippen LogP contribution in [0, 0.1) is 5.92 Å². The minimum Gasteiger partial charge on any atom is -0.481 e. The van der Waals surface area contributed by atoms with Gasteiger partial charge in [-0.1, -0.05) is 44.4 Å². The lowest BCUT2D eigenvalue weighted by molar-refractivity contribution is -0.143. The number of aromatic amines is 1. The minimum atomic E-state index is -0.799. The van der Waals surface area contributed by atoms with Crippen molar-refractivity contribution in [2.45, 2.75) is 57.9 Å². The van der Waals surface area contributed by atoms with Gasteiger partial charge in [0, 0.05) is 23.1 Å². The average molecular weight is 342 g/mol. The average Bonchev–Trinajstić information content (AvgIpc) is 2.85. The summed E-state index contributed by atoms with van der Waals surface area (Å²) in [5.41, 5.74) is 3.29. The SMILES string of the molecule is CCc1cccc2c(CC(=O)N[C@H]3CCCCC[C@H]3C(=O)O)c[nH]c12. The topological polar surface area (TPSA) is 82.2 Å². The molecule has 0 saturated heterocycles. The standard InChI is InChI=1S/C20H26N2O3/c1-2-13-7-6-9-15-14(12-21-19(13)15)11-18(23)22-17-10-5-3-4-8-16(17)20(24)25/h6-7,9,12,16-17,21H,2-5,8,10-11H2,1H3,(H,22,23)(H,24,25)/t16-,17+/m1/s1. The van der Waals surface area contributed by atoms with Crippen molar-refractivity contribution in [3.63, 3.8) is 0 Å². The maximum absolute atomic E-state index is 12.5. The van der Waals surface area contributed by atoms with Crippen molar-refractivity contribution >= 4 is 22.8 Å². The second kappa shape index (κ2) is 7.72. The lowest BCUT2D eigenvalue weighted by atomic mass is 9.94. The molecule has 5 nitrogen and oxygen atoms in total. The van der Waals surface area contributed by atoms with Crippen molar-refractivity contribution in [2.24, 2.45) is 5.92 Å². The number of aromatic nitrogens is 1. The number of para-hydroxylation sites is 1. The number of carboxylic acids is 1. The molecule has 1 aliphatic rings. The minimum absolute atomic E-state index is 0.0963. The molecule has 1 aromatic heterocycles. The molecule has 1 saturated carbocycles. The summed E-state index contributed by atoms with van der Waals surface area (Å²) in [5.74, 6) is -1.37. The predicted molar refractivity (Wildman–Crippen MR) is 97.5 cm³/mol. The molecule has 1 amide bonds. The van der Waals surface area contributed by atoms with E-state index in [0.717, 1.165) is 48.6 Å². The molecule has 0 spiro atoms. The normalized spacial score (nSPS) is 21.0. The second-order valence-corrected chi connectivity index (χ2v) is 6.94. The molecule has 3 rings (SSSR count). The summed E-state index contributed by atoms with van der Waals surface area (Å²) in [6.07, 6.45) is 7.43. The molecule has 3 N–H and O–H groups in total. The molecule has 0 unspecified atom stereocenters. The Morgan fingerprint density at radius 1 is 1.20 bits per heavy atom. The van der Waals surface area contributed by atoms with Crippen molar-refractivity contribution in [1.29, 1.82) is 0 Å². The van der Waals surface area contributed by atoms with Crippen molar-refractivity contribution in [1.82, 2.24) is 10.3 Å². The second-order valence-electron chi connectivity index (χ2n) is 6.94. The summed E-state index contributed by atoms with van der Waals surface area (Å²) < 4.78 is 0. The van der Waals surface area contributed by atoms with Crippen LogP contribution < -0.4 is 5.32 Å². The van der Waals surface area contributed by atoms with Gasteiger partial charge in [-0.3, -0.25) is 9.59 Å². The Bertz CT molecular complexity index is 765. The fourth-order valence-corrected chi connectivity index (χ4v) is 3.92. The quantitative estimate of drug-likeness (QED) is 0.728. The van der Waals surface area contributed by atoms with Crippen molar-refractivity contribution < 1.29 is 14.7 Å². The molecule has 2 aromatic rings. The summed E-state index contributed by atoms with van der Waals surface area (Å²) in [6, 6.07) is 5.87. The molecule has 1 heterocycles. The van der Waals surface area contributed by atoms with Crippen LogP contribution in [-0.2, 0) is 22.4 Å². The number of carbonyl (C=O) groups excluding carboxylic acids is 1. The Hall–Kier alpha value is -2.30. The number of hydrogen-bond donors (Lipinski definition) is 3. The van der Waals surface area contributed by atoms with Crippen LogP contribution in [0.25, 0.3) is 10.9 Å². The van der Waals surface area contributed by atoms with Gasteiger partial charge in [-0.05, 0) is 30.4 Å². The number of benzene rings is 1. The molecule has 134 valence electrons. The van der Waals surface area contributed by atoms with Gasteiger partial charge in [0.2, 0.25) is 5.91 Å². The zero-order chi connectivity index (χ0) is 17.8. The maximum atomic E-state index is 12.5. The number of aryl methyl sites for hydroxylation is 1. The third-order valence-electron chi connectivity index (χ3n) is 5.30. The molecular weight excluding hydrogens is 316 g/mol. The van der Waals surface area contributed by atoms with Gasteiger partial charge in [-0.15, -0.1) is 0 Å². The molecule has 0 radical (unpaired) electrons. The van der Waals surface area contributed by atoms with Crippen LogP contribution in [0.1, 0.15) is 50.2 Å². The van der Waals surface area contributed by atoms with Crippen LogP contribution in [-0.4, -0.2) is 28.0 Å². The van der Waals surface area contributed by atoms with Crippen molar-refractivity contribution in [3.8, 4) is 0 Å². The van der Waals surface area contributed by atoms with Crippen LogP contribution in [0.4, 0.5) is 0 Å². The molecule has 2 atom stereocenters. The summed E-state index contributed by atoms with van der Waals surface area (Å²) in [6.45, 7) is 2.11. The molecule has 0 aliphatic heterocycles. The number of hydrogen-bond acceptors (Lipinski definition) is 2. The largest absolute Gasteiger partial charge is 0.481 e. The van der Waals surface area contributed by atoms with Crippen LogP contribution in [0.15, 0.2) is 24.4 Å². The lowest BCUT2D eigenvalue weighted by Gasteiger charge is -2.22. The Kier molecular flexibility index (Phi) is 5.41. The number of nitrogens with one attached hydrogen (secondary N) is 2. The van der Waals surface area contributed by atoms with Gasteiger partial charge >= 0.3 is 5.97 Å². The van der Waals surface area contributed by atoms with E-state index in [-0.39, 0.29) is 18.4 Å². The van der Waals surface area contributed by atoms with E-state index in [1.165, 1.54) is 5.56 Å². The third-order valence-corrected chi connectivity index (χ3v) is 5.30. The van der Waals surface area contributed by atoms with Crippen molar-refractivity contribution in [2.75, 3.05) is 0 Å². The molecule has 25 heavy (non-hydrogen) atoms. The van der Waals surface area contributed by atoms with Gasteiger partial charge in [-0.25, -0.2) is 0 Å². The molecule has 1 aliphatic carbocycles. The Morgan fingerprint density at radius 3 is 2.76 bits per heavy atom. The monoisotopic (exact) mass is 342 g/mol. The molecular formula is C20H26N2O3. The number of H-pyrrole nitrogens is 1. The number of aliphatic carboxylic acids is 1. The number of rotatable bonds is 5. The summed E-state index contributed by atoms with van der Waals surface area (Å²) in [5, 5.41) is 13.5. The fraction of sp³-hybridized carbons (Fsp3) is 0.500. The van der Waals surface area contributed by atoms with Crippen molar-refractivity contribution in [3.05, 3.63) is 35.5 Å². The highest BCUT2D eigenvalue weighted by Gasteiger charge is 2.30. The van der Waals surface area contributed by atoms with E-state index in [9.17, 15) is 14.7 Å². The van der Waals surface area contributed by atoms with E-state index < -0.39 is 11.9 Å². The zero-order valence-corrected chi connectivity index (χ0v) is 14.7. The molecule has 1 fully saturated rings. The maximum Gasteiger partial charge on any atom is 0.308 e. The van der Waals surface area contributed by atoms with Gasteiger partial charge < -0.3 is 15.4 Å². The van der Waals surface area contributed by atoms with Gasteiger partial charge in [0.15, 0.2) is 0 Å². The molecule has 0 bridgehead atoms. The van der Waals surface area contributed by atoms with E-state index >= 15 is 0 Å². The smallest absolute Gasteiger partial charge is 0.308 e. The molecule has 1 aromatic carbocycles. The highest BCUT2D eigenvalue weighted by molar-refractivity contribution is 5.90. The van der Waals surface area contributed by atoms with Gasteiger partial charge in [0.1, 0.15) is 0 Å². The first-order valence-electron chi connectivity index (χ1n) is 9.20. The molecule has 5 heteroatoms. The van der Waals surface area contributed by atoms with Crippen LogP contribution in [0.3, 0.4) is 0 Å². The van der Waals surface area contributed by atoms with Crippen LogP contribution in [0.5, 0.6) is 0 Å². The predicted octanol–water partition coefficient (Wildman–Crippen LogP) is 3.42. The number of carboxylic acid groups (broad SMARTS) is 1.